The Balaban J connectivity index is 1.65. The molecule has 1 aromatic carbocycles. The number of anilines is 1. The van der Waals surface area contributed by atoms with E-state index in [2.05, 4.69) is 9.88 Å². The van der Waals surface area contributed by atoms with Crippen LogP contribution in [-0.2, 0) is 9.84 Å². The first-order valence-corrected chi connectivity index (χ1v) is 9.96. The van der Waals surface area contributed by atoms with E-state index in [1.165, 1.54) is 12.1 Å². The Bertz CT molecular complexity index is 778. The molecule has 1 aliphatic heterocycles. The van der Waals surface area contributed by atoms with E-state index in [-0.39, 0.29) is 10.8 Å². The molecule has 122 valence electrons. The van der Waals surface area contributed by atoms with Gasteiger partial charge in [-0.2, -0.15) is 0 Å². The predicted molar refractivity (Wildman–Crippen MR) is 89.8 cm³/mol. The van der Waals surface area contributed by atoms with E-state index in [0.717, 1.165) is 24.5 Å². The third-order valence-electron chi connectivity index (χ3n) is 3.79. The van der Waals surface area contributed by atoms with Crippen LogP contribution >= 0.6 is 11.3 Å². The van der Waals surface area contributed by atoms with Crippen LogP contribution in [0.2, 0.25) is 0 Å². The summed E-state index contributed by atoms with van der Waals surface area (Å²) in [5, 5.41) is 2.92. The number of thiazole rings is 1. The number of rotatable bonds is 3. The summed E-state index contributed by atoms with van der Waals surface area (Å²) in [4.78, 5) is 21.0. The molecule has 1 amide bonds. The highest BCUT2D eigenvalue weighted by Gasteiger charge is 2.23. The number of hydrogen-bond acceptors (Lipinski definition) is 6. The number of aromatic nitrogens is 1. The molecule has 1 aliphatic rings. The van der Waals surface area contributed by atoms with Crippen molar-refractivity contribution in [2.45, 2.75) is 4.90 Å². The highest BCUT2D eigenvalue weighted by Crippen LogP contribution is 2.20. The van der Waals surface area contributed by atoms with E-state index in [9.17, 15) is 13.2 Å². The van der Waals surface area contributed by atoms with Crippen molar-refractivity contribution in [1.82, 2.24) is 9.88 Å². The first kappa shape index (κ1) is 15.9. The molecule has 8 heteroatoms. The van der Waals surface area contributed by atoms with Gasteiger partial charge >= 0.3 is 0 Å². The van der Waals surface area contributed by atoms with Crippen LogP contribution in [0.4, 0.5) is 5.13 Å². The molecule has 2 heterocycles. The summed E-state index contributed by atoms with van der Waals surface area (Å²) in [6, 6.07) is 6.11. The number of hydrogen-bond donors (Lipinski definition) is 0. The third-order valence-corrected chi connectivity index (χ3v) is 5.75. The van der Waals surface area contributed by atoms with Gasteiger partial charge in [-0.3, -0.25) is 4.79 Å². The molecule has 0 aliphatic carbocycles. The van der Waals surface area contributed by atoms with Gasteiger partial charge in [0.25, 0.3) is 5.91 Å². The molecule has 23 heavy (non-hydrogen) atoms. The predicted octanol–water partition coefficient (Wildman–Crippen LogP) is 1.51. The number of amides is 1. The fraction of sp³-hybridized carbons (Fsp3) is 0.333. The highest BCUT2D eigenvalue weighted by atomic mass is 32.2. The molecular formula is C15H17N3O3S2. The van der Waals surface area contributed by atoms with Gasteiger partial charge in [0.1, 0.15) is 0 Å². The molecule has 0 spiro atoms. The van der Waals surface area contributed by atoms with Crippen molar-refractivity contribution >= 4 is 32.2 Å². The van der Waals surface area contributed by atoms with Gasteiger partial charge in [0.05, 0.1) is 4.90 Å². The fourth-order valence-electron chi connectivity index (χ4n) is 2.50. The Labute approximate surface area is 139 Å². The second kappa shape index (κ2) is 6.29. The van der Waals surface area contributed by atoms with Crippen molar-refractivity contribution in [3.8, 4) is 0 Å². The summed E-state index contributed by atoms with van der Waals surface area (Å²) >= 11 is 1.59. The van der Waals surface area contributed by atoms with E-state index < -0.39 is 9.84 Å². The van der Waals surface area contributed by atoms with Crippen LogP contribution in [0.3, 0.4) is 0 Å². The third kappa shape index (κ3) is 3.53. The topological polar surface area (TPSA) is 70.6 Å². The van der Waals surface area contributed by atoms with Gasteiger partial charge in [0.2, 0.25) is 0 Å². The van der Waals surface area contributed by atoms with Crippen molar-refractivity contribution in [1.29, 1.82) is 0 Å². The Morgan fingerprint density at radius 3 is 2.30 bits per heavy atom. The van der Waals surface area contributed by atoms with Crippen LogP contribution in [-0.4, -0.2) is 56.6 Å². The summed E-state index contributed by atoms with van der Waals surface area (Å²) in [5.74, 6) is -0.0659. The molecule has 3 rings (SSSR count). The van der Waals surface area contributed by atoms with Crippen LogP contribution in [0, 0.1) is 0 Å². The minimum Gasteiger partial charge on any atom is -0.345 e. The molecule has 0 unspecified atom stereocenters. The highest BCUT2D eigenvalue weighted by molar-refractivity contribution is 7.90. The average Bonchev–Trinajstić information content (AvgIpc) is 3.08. The minimum atomic E-state index is -3.24. The van der Waals surface area contributed by atoms with Crippen LogP contribution in [0.5, 0.6) is 0 Å². The lowest BCUT2D eigenvalue weighted by Crippen LogP contribution is -2.48. The zero-order valence-electron chi connectivity index (χ0n) is 12.7. The van der Waals surface area contributed by atoms with Crippen LogP contribution in [0.1, 0.15) is 10.4 Å². The lowest BCUT2D eigenvalue weighted by atomic mass is 10.2. The van der Waals surface area contributed by atoms with E-state index in [1.807, 2.05) is 5.38 Å². The second-order valence-corrected chi connectivity index (χ2v) is 8.28. The largest absolute Gasteiger partial charge is 0.345 e. The molecule has 1 fully saturated rings. The van der Waals surface area contributed by atoms with Crippen LogP contribution in [0.15, 0.2) is 40.7 Å². The Kier molecular flexibility index (Phi) is 4.36. The summed E-state index contributed by atoms with van der Waals surface area (Å²) in [7, 11) is -3.24. The number of benzene rings is 1. The fourth-order valence-corrected chi connectivity index (χ4v) is 3.83. The molecule has 0 saturated carbocycles. The van der Waals surface area contributed by atoms with Gasteiger partial charge in [-0.05, 0) is 24.3 Å². The van der Waals surface area contributed by atoms with E-state index >= 15 is 0 Å². The molecule has 0 N–H and O–H groups in total. The summed E-state index contributed by atoms with van der Waals surface area (Å²) in [6.07, 6.45) is 2.93. The van der Waals surface area contributed by atoms with E-state index in [0.29, 0.717) is 18.7 Å². The normalized spacial score (nSPS) is 15.7. The standard InChI is InChI=1S/C15H17N3O3S2/c1-23(20,21)13-4-2-12(3-5-13)14(19)17-7-9-18(10-8-17)15-16-6-11-22-15/h2-6,11H,7-10H2,1H3. The molecule has 0 radical (unpaired) electrons. The average molecular weight is 351 g/mol. The van der Waals surface area contributed by atoms with Crippen LogP contribution in [0.25, 0.3) is 0 Å². The van der Waals surface area contributed by atoms with Gasteiger partial charge < -0.3 is 9.80 Å². The molecule has 2 aromatic rings. The zero-order valence-corrected chi connectivity index (χ0v) is 14.3. The molecule has 0 atom stereocenters. The second-order valence-electron chi connectivity index (χ2n) is 5.39. The van der Waals surface area contributed by atoms with Crippen LogP contribution < -0.4 is 4.90 Å². The van der Waals surface area contributed by atoms with Crippen molar-refractivity contribution in [2.24, 2.45) is 0 Å². The summed E-state index contributed by atoms with van der Waals surface area (Å²) < 4.78 is 22.9. The Morgan fingerprint density at radius 2 is 1.78 bits per heavy atom. The maximum atomic E-state index is 12.5. The molecule has 1 aromatic heterocycles. The minimum absolute atomic E-state index is 0.0659. The van der Waals surface area contributed by atoms with Crippen molar-refractivity contribution < 1.29 is 13.2 Å². The smallest absolute Gasteiger partial charge is 0.253 e. The maximum Gasteiger partial charge on any atom is 0.253 e. The van der Waals surface area contributed by atoms with Gasteiger partial charge in [0, 0.05) is 49.6 Å². The first-order chi connectivity index (χ1) is 10.9. The number of sulfone groups is 1. The van der Waals surface area contributed by atoms with Gasteiger partial charge in [-0.25, -0.2) is 13.4 Å². The number of carbonyl (C=O) groups excluding carboxylic acids is 1. The quantitative estimate of drug-likeness (QED) is 0.838. The molecular weight excluding hydrogens is 334 g/mol. The lowest BCUT2D eigenvalue weighted by molar-refractivity contribution is 0.0746. The summed E-state index contributed by atoms with van der Waals surface area (Å²) in [5.41, 5.74) is 0.514. The molecule has 1 saturated heterocycles. The van der Waals surface area contributed by atoms with E-state index in [4.69, 9.17) is 0 Å². The van der Waals surface area contributed by atoms with Crippen molar-refractivity contribution in [3.05, 3.63) is 41.4 Å². The maximum absolute atomic E-state index is 12.5. The lowest BCUT2D eigenvalue weighted by Gasteiger charge is -2.34. The van der Waals surface area contributed by atoms with Gasteiger partial charge in [-0.15, -0.1) is 11.3 Å². The molecule has 0 bridgehead atoms. The number of nitrogens with zero attached hydrogens (tertiary/aromatic N) is 3. The SMILES string of the molecule is CS(=O)(=O)c1ccc(C(=O)N2CCN(c3nccs3)CC2)cc1. The number of piperazine rings is 1. The van der Waals surface area contributed by atoms with Crippen molar-refractivity contribution in [2.75, 3.05) is 37.3 Å². The molecule has 6 nitrogen and oxygen atoms in total. The summed E-state index contributed by atoms with van der Waals surface area (Å²) in [6.45, 7) is 2.76. The van der Waals surface area contributed by atoms with E-state index in [1.54, 1.807) is 34.6 Å². The van der Waals surface area contributed by atoms with Gasteiger partial charge in [-0.1, -0.05) is 0 Å². The first-order valence-electron chi connectivity index (χ1n) is 7.19. The zero-order chi connectivity index (χ0) is 16.4. The Hall–Kier alpha value is -1.93. The monoisotopic (exact) mass is 351 g/mol. The Morgan fingerprint density at radius 1 is 1.13 bits per heavy atom. The van der Waals surface area contributed by atoms with Gasteiger partial charge in [0.15, 0.2) is 15.0 Å². The number of carbonyl (C=O) groups is 1. The van der Waals surface area contributed by atoms with Crippen molar-refractivity contribution in [3.63, 3.8) is 0 Å².